The molecule has 0 radical (unpaired) electrons. The Morgan fingerprint density at radius 1 is 1.44 bits per heavy atom. The van der Waals surface area contributed by atoms with E-state index in [1.807, 2.05) is 16.8 Å². The Kier molecular flexibility index (Phi) is 3.93. The zero-order valence-corrected chi connectivity index (χ0v) is 10.5. The van der Waals surface area contributed by atoms with Gasteiger partial charge in [0.05, 0.1) is 0 Å². The van der Waals surface area contributed by atoms with Crippen LogP contribution in [-0.4, -0.2) is 38.9 Å². The van der Waals surface area contributed by atoms with Crippen molar-refractivity contribution in [1.82, 2.24) is 14.3 Å². The van der Waals surface area contributed by atoms with Gasteiger partial charge >= 0.3 is 0 Å². The smallest absolute Gasteiger partial charge is 0.279 e. The van der Waals surface area contributed by atoms with Gasteiger partial charge < -0.3 is 5.32 Å². The minimum absolute atomic E-state index is 0.371. The van der Waals surface area contributed by atoms with Gasteiger partial charge in [-0.3, -0.25) is 0 Å². The molecule has 0 unspecified atom stereocenters. The van der Waals surface area contributed by atoms with Gasteiger partial charge in [0.2, 0.25) is 0 Å². The van der Waals surface area contributed by atoms with E-state index in [0.717, 1.165) is 18.7 Å². The van der Waals surface area contributed by atoms with Gasteiger partial charge in [0.1, 0.15) is 0 Å². The molecule has 1 aliphatic rings. The summed E-state index contributed by atoms with van der Waals surface area (Å²) in [5.41, 5.74) is 1.00. The highest BCUT2D eigenvalue weighted by atomic mass is 32.2. The molecule has 0 bridgehead atoms. The zero-order valence-electron chi connectivity index (χ0n) is 8.85. The normalized spacial score (nSPS) is 18.8. The molecular weight excluding hydrogens is 246 g/mol. The lowest BCUT2D eigenvalue weighted by Crippen LogP contribution is -2.50. The molecule has 90 valence electrons. The van der Waals surface area contributed by atoms with Crippen LogP contribution in [-0.2, 0) is 16.8 Å². The van der Waals surface area contributed by atoms with Crippen LogP contribution in [0.4, 0.5) is 0 Å². The van der Waals surface area contributed by atoms with Crippen LogP contribution in [0.15, 0.2) is 16.8 Å². The lowest BCUT2D eigenvalue weighted by molar-refractivity contribution is 0.354. The molecule has 1 aromatic rings. The van der Waals surface area contributed by atoms with E-state index < -0.39 is 10.2 Å². The van der Waals surface area contributed by atoms with Gasteiger partial charge in [0.25, 0.3) is 10.2 Å². The third kappa shape index (κ3) is 3.02. The average molecular weight is 261 g/mol. The standard InChI is InChI=1S/C9H15N3O2S2/c13-16(14,12-4-2-10-3-5-12)11-7-9-1-6-15-8-9/h1,6,8,10-11H,2-5,7H2. The molecule has 16 heavy (non-hydrogen) atoms. The molecule has 1 aliphatic heterocycles. The Morgan fingerprint density at radius 2 is 2.19 bits per heavy atom. The summed E-state index contributed by atoms with van der Waals surface area (Å²) in [6.07, 6.45) is 0. The second kappa shape index (κ2) is 5.24. The maximum absolute atomic E-state index is 11.9. The lowest BCUT2D eigenvalue weighted by atomic mass is 10.4. The number of hydrogen-bond donors (Lipinski definition) is 2. The Hall–Kier alpha value is -0.470. The van der Waals surface area contributed by atoms with E-state index in [9.17, 15) is 8.42 Å². The quantitative estimate of drug-likeness (QED) is 0.801. The lowest BCUT2D eigenvalue weighted by Gasteiger charge is -2.26. The van der Waals surface area contributed by atoms with Crippen molar-refractivity contribution >= 4 is 21.5 Å². The molecule has 2 rings (SSSR count). The molecule has 0 aromatic carbocycles. The van der Waals surface area contributed by atoms with E-state index in [1.165, 1.54) is 4.31 Å². The SMILES string of the molecule is O=S(=O)(NCc1ccsc1)N1CCNCC1. The maximum atomic E-state index is 11.9. The van der Waals surface area contributed by atoms with Crippen LogP contribution >= 0.6 is 11.3 Å². The Morgan fingerprint density at radius 3 is 2.81 bits per heavy atom. The Balaban J connectivity index is 1.91. The molecule has 0 saturated carbocycles. The molecular formula is C9H15N3O2S2. The van der Waals surface area contributed by atoms with E-state index in [0.29, 0.717) is 19.6 Å². The van der Waals surface area contributed by atoms with Crippen molar-refractivity contribution in [2.45, 2.75) is 6.54 Å². The average Bonchev–Trinajstić information content (AvgIpc) is 2.81. The molecule has 2 N–H and O–H groups in total. The van der Waals surface area contributed by atoms with Crippen LogP contribution in [0, 0.1) is 0 Å². The van der Waals surface area contributed by atoms with Crippen LogP contribution in [0.2, 0.25) is 0 Å². The van der Waals surface area contributed by atoms with E-state index >= 15 is 0 Å². The van der Waals surface area contributed by atoms with Gasteiger partial charge in [-0.25, -0.2) is 0 Å². The maximum Gasteiger partial charge on any atom is 0.279 e. The third-order valence-corrected chi connectivity index (χ3v) is 4.74. The van der Waals surface area contributed by atoms with Crippen molar-refractivity contribution in [3.63, 3.8) is 0 Å². The summed E-state index contributed by atoms with van der Waals surface area (Å²) in [6.45, 7) is 2.90. The monoisotopic (exact) mass is 261 g/mol. The fourth-order valence-electron chi connectivity index (χ4n) is 1.54. The molecule has 1 aromatic heterocycles. The van der Waals surface area contributed by atoms with Gasteiger partial charge in [-0.2, -0.15) is 28.8 Å². The molecule has 0 spiro atoms. The fraction of sp³-hybridized carbons (Fsp3) is 0.556. The molecule has 0 atom stereocenters. The molecule has 7 heteroatoms. The van der Waals surface area contributed by atoms with Gasteiger partial charge in [-0.05, 0) is 22.4 Å². The molecule has 5 nitrogen and oxygen atoms in total. The number of piperazine rings is 1. The van der Waals surface area contributed by atoms with Crippen molar-refractivity contribution in [1.29, 1.82) is 0 Å². The number of thiophene rings is 1. The first-order valence-electron chi connectivity index (χ1n) is 5.15. The molecule has 1 saturated heterocycles. The third-order valence-electron chi connectivity index (χ3n) is 2.45. The van der Waals surface area contributed by atoms with Gasteiger partial charge in [0.15, 0.2) is 0 Å². The van der Waals surface area contributed by atoms with Crippen molar-refractivity contribution in [2.24, 2.45) is 0 Å². The predicted molar refractivity (Wildman–Crippen MR) is 64.5 cm³/mol. The highest BCUT2D eigenvalue weighted by Gasteiger charge is 2.22. The minimum Gasteiger partial charge on any atom is -0.314 e. The first kappa shape index (κ1) is 12.0. The van der Waals surface area contributed by atoms with E-state index in [4.69, 9.17) is 0 Å². The van der Waals surface area contributed by atoms with Crippen LogP contribution < -0.4 is 10.0 Å². The first-order valence-corrected chi connectivity index (χ1v) is 7.53. The van der Waals surface area contributed by atoms with Crippen molar-refractivity contribution < 1.29 is 8.42 Å². The summed E-state index contributed by atoms with van der Waals surface area (Å²) in [7, 11) is -3.31. The Labute approximate surface area is 99.6 Å². The number of rotatable bonds is 4. The van der Waals surface area contributed by atoms with Crippen molar-refractivity contribution in [3.05, 3.63) is 22.4 Å². The largest absolute Gasteiger partial charge is 0.314 e. The highest BCUT2D eigenvalue weighted by Crippen LogP contribution is 2.07. The van der Waals surface area contributed by atoms with Crippen LogP contribution in [0.1, 0.15) is 5.56 Å². The van der Waals surface area contributed by atoms with Gasteiger partial charge in [0, 0.05) is 32.7 Å². The Bertz CT molecular complexity index is 410. The van der Waals surface area contributed by atoms with Crippen LogP contribution in [0.25, 0.3) is 0 Å². The number of hydrogen-bond acceptors (Lipinski definition) is 4. The van der Waals surface area contributed by atoms with E-state index in [-0.39, 0.29) is 0 Å². The zero-order chi connectivity index (χ0) is 11.4. The topological polar surface area (TPSA) is 61.4 Å². The second-order valence-electron chi connectivity index (χ2n) is 3.61. The fourth-order valence-corrected chi connectivity index (χ4v) is 3.41. The van der Waals surface area contributed by atoms with Crippen LogP contribution in [0.3, 0.4) is 0 Å². The first-order chi connectivity index (χ1) is 7.68. The summed E-state index contributed by atoms with van der Waals surface area (Å²) in [6, 6.07) is 1.92. The minimum atomic E-state index is -3.31. The predicted octanol–water partition coefficient (Wildman–Crippen LogP) is -0.0123. The summed E-state index contributed by atoms with van der Waals surface area (Å²) >= 11 is 1.57. The molecule has 1 fully saturated rings. The molecule has 0 aliphatic carbocycles. The summed E-state index contributed by atoms with van der Waals surface area (Å²) in [5, 5.41) is 7.01. The van der Waals surface area contributed by atoms with Gasteiger partial charge in [-0.15, -0.1) is 0 Å². The van der Waals surface area contributed by atoms with E-state index in [1.54, 1.807) is 11.3 Å². The number of nitrogens with one attached hydrogen (secondary N) is 2. The number of nitrogens with zero attached hydrogens (tertiary/aromatic N) is 1. The van der Waals surface area contributed by atoms with Crippen molar-refractivity contribution in [3.8, 4) is 0 Å². The van der Waals surface area contributed by atoms with Gasteiger partial charge in [-0.1, -0.05) is 0 Å². The second-order valence-corrected chi connectivity index (χ2v) is 6.14. The van der Waals surface area contributed by atoms with Crippen molar-refractivity contribution in [2.75, 3.05) is 26.2 Å². The highest BCUT2D eigenvalue weighted by molar-refractivity contribution is 7.87. The van der Waals surface area contributed by atoms with Crippen LogP contribution in [0.5, 0.6) is 0 Å². The molecule has 2 heterocycles. The summed E-state index contributed by atoms with van der Waals surface area (Å²) in [5.74, 6) is 0. The molecule has 0 amide bonds. The summed E-state index contributed by atoms with van der Waals surface area (Å²) in [4.78, 5) is 0. The summed E-state index contributed by atoms with van der Waals surface area (Å²) < 4.78 is 27.8. The van der Waals surface area contributed by atoms with E-state index in [2.05, 4.69) is 10.0 Å².